The van der Waals surface area contributed by atoms with Gasteiger partial charge in [-0.3, -0.25) is 4.79 Å². The monoisotopic (exact) mass is 404 g/mol. The number of nitrogens with zero attached hydrogens (tertiary/aromatic N) is 2. The van der Waals surface area contributed by atoms with Crippen LogP contribution in [0, 0.1) is 11.8 Å². The molecule has 3 unspecified atom stereocenters. The summed E-state index contributed by atoms with van der Waals surface area (Å²) in [5.74, 6) is -2.16. The first-order chi connectivity index (χ1) is 11.2. The Balaban J connectivity index is 2.07. The molecule has 1 aliphatic heterocycles. The highest BCUT2D eigenvalue weighted by molar-refractivity contribution is 9.10. The van der Waals surface area contributed by atoms with Crippen molar-refractivity contribution in [3.8, 4) is 0 Å². The fourth-order valence-corrected chi connectivity index (χ4v) is 3.81. The SMILES string of the molecule is CC1CCC2=NN(C(=O)c3ccccc3Br)C(O)(C(F)(F)F)C2C1. The Morgan fingerprint density at radius 2 is 2.08 bits per heavy atom. The molecule has 0 bridgehead atoms. The summed E-state index contributed by atoms with van der Waals surface area (Å²) in [4.78, 5) is 12.7. The standard InChI is InChI=1S/C16H16BrF3N2O2/c1-9-6-7-13-11(8-9)15(24,16(18,19)20)22(21-13)14(23)10-4-2-3-5-12(10)17/h2-5,9,11,24H,6-8H2,1H3. The number of carbonyl (C=O) groups is 1. The fraction of sp³-hybridized carbons (Fsp3) is 0.500. The molecule has 3 rings (SSSR count). The van der Waals surface area contributed by atoms with Crippen LogP contribution in [-0.2, 0) is 0 Å². The third-order valence-corrected chi connectivity index (χ3v) is 5.38. The van der Waals surface area contributed by atoms with Gasteiger partial charge in [0.25, 0.3) is 11.6 Å². The van der Waals surface area contributed by atoms with E-state index in [1.807, 2.05) is 6.92 Å². The van der Waals surface area contributed by atoms with Gasteiger partial charge in [-0.2, -0.15) is 23.3 Å². The van der Waals surface area contributed by atoms with Gasteiger partial charge >= 0.3 is 6.18 Å². The Morgan fingerprint density at radius 1 is 1.42 bits per heavy atom. The van der Waals surface area contributed by atoms with Crippen LogP contribution in [0.4, 0.5) is 13.2 Å². The van der Waals surface area contributed by atoms with E-state index in [1.54, 1.807) is 18.2 Å². The van der Waals surface area contributed by atoms with E-state index in [-0.39, 0.29) is 28.6 Å². The molecule has 0 saturated heterocycles. The molecule has 1 aromatic rings. The smallest absolute Gasteiger partial charge is 0.362 e. The van der Waals surface area contributed by atoms with E-state index < -0.39 is 23.7 Å². The van der Waals surface area contributed by atoms with Gasteiger partial charge in [0, 0.05) is 10.2 Å². The molecule has 1 heterocycles. The Morgan fingerprint density at radius 3 is 2.71 bits per heavy atom. The van der Waals surface area contributed by atoms with E-state index in [0.717, 1.165) is 0 Å². The number of rotatable bonds is 1. The molecule has 130 valence electrons. The second-order valence-corrected chi connectivity index (χ2v) is 7.20. The van der Waals surface area contributed by atoms with Crippen molar-refractivity contribution < 1.29 is 23.1 Å². The lowest BCUT2D eigenvalue weighted by molar-refractivity contribution is -0.313. The molecule has 1 saturated carbocycles. The van der Waals surface area contributed by atoms with Crippen molar-refractivity contribution in [3.63, 3.8) is 0 Å². The van der Waals surface area contributed by atoms with E-state index in [4.69, 9.17) is 0 Å². The molecule has 0 radical (unpaired) electrons. The average molecular weight is 405 g/mol. The first-order valence-electron chi connectivity index (χ1n) is 7.61. The fourth-order valence-electron chi connectivity index (χ4n) is 3.36. The van der Waals surface area contributed by atoms with Crippen LogP contribution >= 0.6 is 15.9 Å². The Hall–Kier alpha value is -1.41. The molecule has 1 amide bonds. The van der Waals surface area contributed by atoms with Crippen molar-refractivity contribution in [2.45, 2.75) is 38.1 Å². The summed E-state index contributed by atoms with van der Waals surface area (Å²) in [7, 11) is 0. The summed E-state index contributed by atoms with van der Waals surface area (Å²) >= 11 is 3.16. The number of fused-ring (bicyclic) bond motifs is 1. The van der Waals surface area contributed by atoms with Crippen LogP contribution in [0.3, 0.4) is 0 Å². The highest BCUT2D eigenvalue weighted by Crippen LogP contribution is 2.49. The van der Waals surface area contributed by atoms with Gasteiger partial charge < -0.3 is 5.11 Å². The van der Waals surface area contributed by atoms with Crippen molar-refractivity contribution in [2.75, 3.05) is 0 Å². The maximum absolute atomic E-state index is 13.7. The molecular weight excluding hydrogens is 389 g/mol. The summed E-state index contributed by atoms with van der Waals surface area (Å²) in [6, 6.07) is 6.14. The van der Waals surface area contributed by atoms with Gasteiger partial charge in [-0.15, -0.1) is 0 Å². The molecule has 2 aliphatic rings. The van der Waals surface area contributed by atoms with Crippen LogP contribution in [0.1, 0.15) is 36.5 Å². The number of hydrogen-bond acceptors (Lipinski definition) is 3. The largest absolute Gasteiger partial charge is 0.439 e. The van der Waals surface area contributed by atoms with Gasteiger partial charge in [-0.1, -0.05) is 19.1 Å². The molecule has 1 fully saturated rings. The van der Waals surface area contributed by atoms with Crippen molar-refractivity contribution >= 4 is 27.5 Å². The lowest BCUT2D eigenvalue weighted by Crippen LogP contribution is -2.61. The minimum atomic E-state index is -5.00. The number of carbonyl (C=O) groups excluding carboxylic acids is 1. The molecule has 1 aromatic carbocycles. The summed E-state index contributed by atoms with van der Waals surface area (Å²) in [6.45, 7) is 1.84. The molecule has 1 aliphatic carbocycles. The zero-order valence-electron chi connectivity index (χ0n) is 12.8. The van der Waals surface area contributed by atoms with Gasteiger partial charge in [-0.25, -0.2) is 0 Å². The van der Waals surface area contributed by atoms with E-state index in [1.165, 1.54) is 6.07 Å². The first kappa shape index (κ1) is 17.4. The number of hydrazone groups is 1. The van der Waals surface area contributed by atoms with Crippen molar-refractivity contribution in [3.05, 3.63) is 34.3 Å². The molecule has 24 heavy (non-hydrogen) atoms. The Kier molecular flexibility index (Phi) is 4.24. The highest BCUT2D eigenvalue weighted by Gasteiger charge is 2.68. The predicted octanol–water partition coefficient (Wildman–Crippen LogP) is 3.95. The van der Waals surface area contributed by atoms with E-state index >= 15 is 0 Å². The Labute approximate surface area is 145 Å². The van der Waals surface area contributed by atoms with Gasteiger partial charge in [0.2, 0.25) is 0 Å². The zero-order valence-corrected chi connectivity index (χ0v) is 14.4. The number of alkyl halides is 3. The maximum atomic E-state index is 13.7. The van der Waals surface area contributed by atoms with Crippen molar-refractivity contribution in [2.24, 2.45) is 16.9 Å². The average Bonchev–Trinajstić information content (AvgIpc) is 2.81. The lowest BCUT2D eigenvalue weighted by atomic mass is 9.76. The topological polar surface area (TPSA) is 52.9 Å². The summed E-state index contributed by atoms with van der Waals surface area (Å²) in [5.41, 5.74) is -3.03. The van der Waals surface area contributed by atoms with Gasteiger partial charge in [-0.05, 0) is 53.2 Å². The number of halogens is 4. The van der Waals surface area contributed by atoms with Crippen LogP contribution in [-0.4, -0.2) is 33.6 Å². The predicted molar refractivity (Wildman–Crippen MR) is 85.3 cm³/mol. The van der Waals surface area contributed by atoms with Crippen LogP contribution < -0.4 is 0 Å². The highest BCUT2D eigenvalue weighted by atomic mass is 79.9. The number of amides is 1. The van der Waals surface area contributed by atoms with Gasteiger partial charge in [0.1, 0.15) is 0 Å². The van der Waals surface area contributed by atoms with Gasteiger partial charge in [0.15, 0.2) is 0 Å². The number of benzene rings is 1. The summed E-state index contributed by atoms with van der Waals surface area (Å²) in [5, 5.41) is 14.7. The molecule has 4 nitrogen and oxygen atoms in total. The van der Waals surface area contributed by atoms with E-state index in [2.05, 4.69) is 21.0 Å². The second-order valence-electron chi connectivity index (χ2n) is 6.34. The molecule has 1 N–H and O–H groups in total. The lowest BCUT2D eigenvalue weighted by Gasteiger charge is -2.39. The van der Waals surface area contributed by atoms with Crippen LogP contribution in [0.25, 0.3) is 0 Å². The number of hydrogen-bond donors (Lipinski definition) is 1. The third kappa shape index (κ3) is 2.56. The van der Waals surface area contributed by atoms with E-state index in [0.29, 0.717) is 17.3 Å². The quantitative estimate of drug-likeness (QED) is 0.770. The molecular formula is C16H16BrF3N2O2. The van der Waals surface area contributed by atoms with Crippen molar-refractivity contribution in [1.82, 2.24) is 5.01 Å². The third-order valence-electron chi connectivity index (χ3n) is 4.68. The maximum Gasteiger partial charge on any atom is 0.439 e. The van der Waals surface area contributed by atoms with E-state index in [9.17, 15) is 23.1 Å². The summed E-state index contributed by atoms with van der Waals surface area (Å²) < 4.78 is 41.6. The van der Waals surface area contributed by atoms with Crippen LogP contribution in [0.2, 0.25) is 0 Å². The molecule has 0 spiro atoms. The molecule has 8 heteroatoms. The van der Waals surface area contributed by atoms with Crippen LogP contribution in [0.15, 0.2) is 33.8 Å². The summed E-state index contributed by atoms with van der Waals surface area (Å²) in [6.07, 6.45) is -3.81. The first-order valence-corrected chi connectivity index (χ1v) is 8.41. The zero-order chi connectivity index (χ0) is 17.7. The minimum absolute atomic E-state index is 0.0243. The molecule has 0 aromatic heterocycles. The van der Waals surface area contributed by atoms with Crippen molar-refractivity contribution in [1.29, 1.82) is 0 Å². The Bertz CT molecular complexity index is 707. The van der Waals surface area contributed by atoms with Gasteiger partial charge in [0.05, 0.1) is 11.5 Å². The second kappa shape index (κ2) is 5.84. The molecule has 3 atom stereocenters. The number of aliphatic hydroxyl groups is 1. The minimum Gasteiger partial charge on any atom is -0.362 e. The van der Waals surface area contributed by atoms with Crippen LogP contribution in [0.5, 0.6) is 0 Å². The normalized spacial score (nSPS) is 30.1.